The summed E-state index contributed by atoms with van der Waals surface area (Å²) in [6.07, 6.45) is 1.84. The summed E-state index contributed by atoms with van der Waals surface area (Å²) in [6.45, 7) is 2.29. The third-order valence-corrected chi connectivity index (χ3v) is 6.88. The van der Waals surface area contributed by atoms with Gasteiger partial charge in [0.05, 0.1) is 11.1 Å². The monoisotopic (exact) mass is 486 g/mol. The highest BCUT2D eigenvalue weighted by atomic mass is 19.4. The van der Waals surface area contributed by atoms with Crippen LogP contribution in [0.4, 0.5) is 23.7 Å². The maximum absolute atomic E-state index is 13.4. The number of para-hydroxylation sites is 1. The van der Waals surface area contributed by atoms with Crippen LogP contribution in [0.5, 0.6) is 11.5 Å². The first-order chi connectivity index (χ1) is 16.9. The molecule has 5 rings (SSSR count). The number of carbonyl (C=O) groups excluding carboxylic acids is 1. The molecule has 0 spiro atoms. The molecule has 35 heavy (non-hydrogen) atoms. The molecule has 0 radical (unpaired) electrons. The molecular weight excluding hydrogens is 457 g/mol. The molecule has 1 aliphatic carbocycles. The molecule has 2 fully saturated rings. The number of ether oxygens (including phenoxy) is 1. The number of halogens is 3. The van der Waals surface area contributed by atoms with Crippen LogP contribution < -0.4 is 10.1 Å². The van der Waals surface area contributed by atoms with Crippen LogP contribution in [0.3, 0.4) is 0 Å². The van der Waals surface area contributed by atoms with Gasteiger partial charge in [0.25, 0.3) is 0 Å². The molecule has 2 amide bonds. The number of carbonyl (C=O) groups is 1. The Kier molecular flexibility index (Phi) is 6.58. The van der Waals surface area contributed by atoms with Crippen LogP contribution >= 0.6 is 0 Å². The number of urea groups is 1. The van der Waals surface area contributed by atoms with Gasteiger partial charge in [-0.1, -0.05) is 31.4 Å². The summed E-state index contributed by atoms with van der Waals surface area (Å²) in [7, 11) is 0. The molecule has 0 atom stereocenters. The molecule has 2 aromatic rings. The lowest BCUT2D eigenvalue weighted by molar-refractivity contribution is -0.137. The van der Waals surface area contributed by atoms with Gasteiger partial charge in [-0.15, -0.1) is 0 Å². The van der Waals surface area contributed by atoms with Gasteiger partial charge in [-0.25, -0.2) is 9.79 Å². The van der Waals surface area contributed by atoms with Crippen LogP contribution in [0.25, 0.3) is 0 Å². The highest BCUT2D eigenvalue weighted by Gasteiger charge is 2.33. The van der Waals surface area contributed by atoms with E-state index in [0.717, 1.165) is 49.8 Å². The molecule has 0 bridgehead atoms. The molecule has 2 aliphatic heterocycles. The van der Waals surface area contributed by atoms with E-state index < -0.39 is 11.7 Å². The Labute approximate surface area is 202 Å². The number of nitrogens with one attached hydrogen (secondary N) is 1. The number of hydrogen-bond acceptors (Lipinski definition) is 4. The lowest BCUT2D eigenvalue weighted by Crippen LogP contribution is -2.47. The van der Waals surface area contributed by atoms with E-state index in [1.165, 1.54) is 12.5 Å². The Hall–Kier alpha value is -3.23. The molecule has 0 unspecified atom stereocenters. The topological polar surface area (TPSA) is 57.2 Å². The number of nitrogens with zero attached hydrogens (tertiary/aromatic N) is 3. The first kappa shape index (κ1) is 23.5. The fourth-order valence-electron chi connectivity index (χ4n) is 4.99. The SMILES string of the molecule is O=C(NC1CCCCC1)N1CCCN(C2=Nc3cc(C(F)(F)F)ccc3Oc3ccccc32)CC1. The summed E-state index contributed by atoms with van der Waals surface area (Å²) in [4.78, 5) is 21.5. The summed E-state index contributed by atoms with van der Waals surface area (Å²) >= 11 is 0. The number of amides is 2. The predicted molar refractivity (Wildman–Crippen MR) is 127 cm³/mol. The van der Waals surface area contributed by atoms with Gasteiger partial charge in [-0.05, 0) is 49.6 Å². The Morgan fingerprint density at radius 3 is 2.54 bits per heavy atom. The van der Waals surface area contributed by atoms with Crippen molar-refractivity contribution in [2.75, 3.05) is 26.2 Å². The van der Waals surface area contributed by atoms with Crippen LogP contribution in [0.15, 0.2) is 47.5 Å². The standard InChI is InChI=1S/C26H29F3N4O2/c27-26(28,29)18-11-12-23-21(17-18)31-24(20-9-4-5-10-22(20)35-23)32-13-6-14-33(16-15-32)25(34)30-19-7-2-1-3-8-19/h4-5,9-12,17,19H,1-3,6-8,13-16H2,(H,30,34). The summed E-state index contributed by atoms with van der Waals surface area (Å²) in [5.74, 6) is 1.39. The second kappa shape index (κ2) is 9.79. The van der Waals surface area contributed by atoms with Gasteiger partial charge in [0.15, 0.2) is 5.75 Å². The molecular formula is C26H29F3N4O2. The first-order valence-corrected chi connectivity index (χ1v) is 12.3. The van der Waals surface area contributed by atoms with Gasteiger partial charge >= 0.3 is 12.2 Å². The Morgan fingerprint density at radius 2 is 1.74 bits per heavy atom. The largest absolute Gasteiger partial charge is 0.454 e. The van der Waals surface area contributed by atoms with E-state index in [1.54, 1.807) is 6.07 Å². The fourth-order valence-corrected chi connectivity index (χ4v) is 4.99. The Morgan fingerprint density at radius 1 is 0.943 bits per heavy atom. The van der Waals surface area contributed by atoms with Crippen molar-refractivity contribution in [3.8, 4) is 11.5 Å². The van der Waals surface area contributed by atoms with E-state index >= 15 is 0 Å². The molecule has 186 valence electrons. The van der Waals surface area contributed by atoms with Gasteiger partial charge in [0.2, 0.25) is 0 Å². The van der Waals surface area contributed by atoms with Crippen molar-refractivity contribution in [3.05, 3.63) is 53.6 Å². The molecule has 3 aliphatic rings. The van der Waals surface area contributed by atoms with Gasteiger partial charge in [-0.2, -0.15) is 13.2 Å². The van der Waals surface area contributed by atoms with Crippen molar-refractivity contribution in [3.63, 3.8) is 0 Å². The van der Waals surface area contributed by atoms with Crippen LogP contribution in [-0.4, -0.2) is 53.9 Å². The van der Waals surface area contributed by atoms with Crippen molar-refractivity contribution in [1.29, 1.82) is 0 Å². The summed E-state index contributed by atoms with van der Waals surface area (Å²) in [6, 6.07) is 10.9. The van der Waals surface area contributed by atoms with Gasteiger partial charge in [0, 0.05) is 32.2 Å². The second-order valence-electron chi connectivity index (χ2n) is 9.33. The zero-order valence-electron chi connectivity index (χ0n) is 19.5. The quantitative estimate of drug-likeness (QED) is 0.543. The van der Waals surface area contributed by atoms with Crippen molar-refractivity contribution < 1.29 is 22.7 Å². The number of aliphatic imine (C=N–C) groups is 1. The smallest absolute Gasteiger partial charge is 0.416 e. The Balaban J connectivity index is 1.39. The average Bonchev–Trinajstić information content (AvgIpc) is 3.18. The maximum Gasteiger partial charge on any atom is 0.416 e. The molecule has 0 aromatic heterocycles. The fraction of sp³-hybridized carbons (Fsp3) is 0.462. The molecule has 2 aromatic carbocycles. The predicted octanol–water partition coefficient (Wildman–Crippen LogP) is 5.94. The van der Waals surface area contributed by atoms with Gasteiger partial charge in [-0.3, -0.25) is 0 Å². The van der Waals surface area contributed by atoms with Crippen molar-refractivity contribution in [2.24, 2.45) is 4.99 Å². The normalized spacial score (nSPS) is 19.0. The average molecular weight is 487 g/mol. The van der Waals surface area contributed by atoms with Gasteiger partial charge < -0.3 is 19.9 Å². The minimum absolute atomic E-state index is 0.0366. The van der Waals surface area contributed by atoms with Crippen LogP contribution in [0, 0.1) is 0 Å². The first-order valence-electron chi connectivity index (χ1n) is 12.3. The van der Waals surface area contributed by atoms with E-state index in [0.29, 0.717) is 37.8 Å². The summed E-state index contributed by atoms with van der Waals surface area (Å²) in [5, 5.41) is 3.18. The molecule has 2 heterocycles. The highest BCUT2D eigenvalue weighted by molar-refractivity contribution is 6.03. The molecule has 1 N–H and O–H groups in total. The van der Waals surface area contributed by atoms with Crippen LogP contribution in [0.1, 0.15) is 49.7 Å². The number of fused-ring (bicyclic) bond motifs is 2. The zero-order chi connectivity index (χ0) is 24.4. The number of alkyl halides is 3. The number of benzene rings is 2. The Bertz CT molecular complexity index is 1110. The maximum atomic E-state index is 13.4. The van der Waals surface area contributed by atoms with Crippen LogP contribution in [-0.2, 0) is 6.18 Å². The third kappa shape index (κ3) is 5.23. The summed E-state index contributed by atoms with van der Waals surface area (Å²) in [5.41, 5.74) is 0.0925. The van der Waals surface area contributed by atoms with E-state index in [4.69, 9.17) is 4.74 Å². The number of rotatable bonds is 1. The van der Waals surface area contributed by atoms with E-state index in [1.807, 2.05) is 28.0 Å². The van der Waals surface area contributed by atoms with E-state index in [9.17, 15) is 18.0 Å². The number of amidine groups is 1. The van der Waals surface area contributed by atoms with Crippen molar-refractivity contribution in [1.82, 2.24) is 15.1 Å². The molecule has 6 nitrogen and oxygen atoms in total. The summed E-state index contributed by atoms with van der Waals surface area (Å²) < 4.78 is 46.1. The highest BCUT2D eigenvalue weighted by Crippen LogP contribution is 2.41. The van der Waals surface area contributed by atoms with Crippen LogP contribution in [0.2, 0.25) is 0 Å². The molecule has 9 heteroatoms. The van der Waals surface area contributed by atoms with Gasteiger partial charge in [0.1, 0.15) is 17.3 Å². The second-order valence-corrected chi connectivity index (χ2v) is 9.33. The molecule has 1 saturated carbocycles. The third-order valence-electron chi connectivity index (χ3n) is 6.88. The minimum Gasteiger partial charge on any atom is -0.454 e. The molecule has 1 saturated heterocycles. The minimum atomic E-state index is -4.47. The zero-order valence-corrected chi connectivity index (χ0v) is 19.5. The van der Waals surface area contributed by atoms with Crippen molar-refractivity contribution in [2.45, 2.75) is 50.7 Å². The van der Waals surface area contributed by atoms with E-state index in [-0.39, 0.29) is 23.5 Å². The van der Waals surface area contributed by atoms with Crippen molar-refractivity contribution >= 4 is 17.6 Å². The lowest BCUT2D eigenvalue weighted by Gasteiger charge is -2.28. The number of hydrogen-bond donors (Lipinski definition) is 1. The lowest BCUT2D eigenvalue weighted by atomic mass is 9.96. The van der Waals surface area contributed by atoms with E-state index in [2.05, 4.69) is 10.3 Å².